The van der Waals surface area contributed by atoms with E-state index in [2.05, 4.69) is 9.88 Å². The number of aromatic nitrogens is 1. The van der Waals surface area contributed by atoms with Crippen molar-refractivity contribution in [1.29, 1.82) is 0 Å². The number of hydrogen-bond donors (Lipinski definition) is 1. The molecule has 2 atom stereocenters. The van der Waals surface area contributed by atoms with Gasteiger partial charge in [-0.1, -0.05) is 23.2 Å². The lowest BCUT2D eigenvalue weighted by molar-refractivity contribution is 0.0526. The molecule has 2 aliphatic rings. The standard InChI is InChI=1S/C23H26Cl2N4O4/c1-2-33-23(32)18-11-17(25)12-26-21(18)28-9-7-27(8-10-28)19-13-29(14-20(19)30)22(31)15-3-5-16(24)6-4-15/h3-6,11-12,19-20,30H,2,7-10,13-14H2,1H3/t19-,20-/m1/s1. The first-order chi connectivity index (χ1) is 15.9. The van der Waals surface area contributed by atoms with Crippen LogP contribution in [0.25, 0.3) is 0 Å². The number of piperazine rings is 1. The summed E-state index contributed by atoms with van der Waals surface area (Å²) < 4.78 is 5.16. The minimum Gasteiger partial charge on any atom is -0.462 e. The lowest BCUT2D eigenvalue weighted by atomic mass is 10.1. The molecular weight excluding hydrogens is 467 g/mol. The van der Waals surface area contributed by atoms with Gasteiger partial charge in [0.1, 0.15) is 11.4 Å². The van der Waals surface area contributed by atoms with Crippen LogP contribution in [0.3, 0.4) is 0 Å². The number of pyridine rings is 1. The molecule has 0 saturated carbocycles. The molecule has 1 N–H and O–H groups in total. The quantitative estimate of drug-likeness (QED) is 0.641. The van der Waals surface area contributed by atoms with Crippen molar-refractivity contribution in [2.45, 2.75) is 19.1 Å². The zero-order valence-electron chi connectivity index (χ0n) is 18.3. The average molecular weight is 493 g/mol. The Hall–Kier alpha value is -2.39. The summed E-state index contributed by atoms with van der Waals surface area (Å²) in [4.78, 5) is 35.5. The second-order valence-corrected chi connectivity index (χ2v) is 8.99. The number of ether oxygens (including phenoxy) is 1. The second kappa shape index (κ2) is 10.3. The van der Waals surface area contributed by atoms with Gasteiger partial charge in [-0.25, -0.2) is 9.78 Å². The van der Waals surface area contributed by atoms with Gasteiger partial charge < -0.3 is 19.6 Å². The fourth-order valence-electron chi connectivity index (χ4n) is 4.38. The van der Waals surface area contributed by atoms with E-state index >= 15 is 0 Å². The summed E-state index contributed by atoms with van der Waals surface area (Å²) in [5.74, 6) is -0.0205. The molecule has 2 fully saturated rings. The number of rotatable bonds is 5. The van der Waals surface area contributed by atoms with E-state index in [4.69, 9.17) is 27.9 Å². The maximum absolute atomic E-state index is 12.8. The first-order valence-electron chi connectivity index (χ1n) is 10.9. The summed E-state index contributed by atoms with van der Waals surface area (Å²) in [5, 5.41) is 11.6. The average Bonchev–Trinajstić information content (AvgIpc) is 3.21. The summed E-state index contributed by atoms with van der Waals surface area (Å²) in [6.45, 7) is 5.33. The van der Waals surface area contributed by atoms with Gasteiger partial charge in [0.15, 0.2) is 0 Å². The first-order valence-corrected chi connectivity index (χ1v) is 11.7. The Morgan fingerprint density at radius 1 is 1.09 bits per heavy atom. The Bertz CT molecular complexity index is 1010. The van der Waals surface area contributed by atoms with Crippen molar-refractivity contribution in [3.05, 3.63) is 57.7 Å². The van der Waals surface area contributed by atoms with Crippen LogP contribution in [0.1, 0.15) is 27.6 Å². The molecule has 0 unspecified atom stereocenters. The predicted molar refractivity (Wildman–Crippen MR) is 126 cm³/mol. The largest absolute Gasteiger partial charge is 0.462 e. The molecule has 1 aromatic carbocycles. The normalized spacial score (nSPS) is 21.3. The SMILES string of the molecule is CCOC(=O)c1cc(Cl)cnc1N1CCN([C@@H]2CN(C(=O)c3ccc(Cl)cc3)C[C@H]2O)CC1. The molecule has 2 aromatic rings. The lowest BCUT2D eigenvalue weighted by Crippen LogP contribution is -2.54. The number of β-amino-alcohol motifs (C(OH)–C–C–N with tert-alkyl or cyclic N) is 1. The van der Waals surface area contributed by atoms with E-state index in [1.807, 2.05) is 4.90 Å². The third kappa shape index (κ3) is 5.24. The third-order valence-electron chi connectivity index (χ3n) is 6.05. The number of hydrogen-bond acceptors (Lipinski definition) is 7. The molecule has 1 amide bonds. The topological polar surface area (TPSA) is 86.2 Å². The van der Waals surface area contributed by atoms with Gasteiger partial charge in [-0.3, -0.25) is 9.69 Å². The van der Waals surface area contributed by atoms with Gasteiger partial charge in [-0.2, -0.15) is 0 Å². The highest BCUT2D eigenvalue weighted by Crippen LogP contribution is 2.26. The van der Waals surface area contributed by atoms with Crippen molar-refractivity contribution in [3.8, 4) is 0 Å². The molecule has 10 heteroatoms. The van der Waals surface area contributed by atoms with Crippen LogP contribution in [0, 0.1) is 0 Å². The van der Waals surface area contributed by atoms with Crippen molar-refractivity contribution >= 4 is 40.9 Å². The second-order valence-electron chi connectivity index (χ2n) is 8.12. The highest BCUT2D eigenvalue weighted by Gasteiger charge is 2.39. The van der Waals surface area contributed by atoms with E-state index in [0.717, 1.165) is 0 Å². The minimum absolute atomic E-state index is 0.115. The summed E-state index contributed by atoms with van der Waals surface area (Å²) in [6, 6.07) is 8.20. The molecule has 2 aliphatic heterocycles. The van der Waals surface area contributed by atoms with Gasteiger partial charge in [0.25, 0.3) is 5.91 Å². The molecule has 0 radical (unpaired) electrons. The third-order valence-corrected chi connectivity index (χ3v) is 6.51. The van der Waals surface area contributed by atoms with Crippen molar-refractivity contribution in [2.75, 3.05) is 50.8 Å². The minimum atomic E-state index is -0.628. The summed E-state index contributed by atoms with van der Waals surface area (Å²) in [7, 11) is 0. The van der Waals surface area contributed by atoms with Crippen LogP contribution in [0.5, 0.6) is 0 Å². The van der Waals surface area contributed by atoms with Gasteiger partial charge in [-0.05, 0) is 37.3 Å². The Morgan fingerprint density at radius 3 is 2.45 bits per heavy atom. The number of likely N-dealkylation sites (tertiary alicyclic amines) is 1. The van der Waals surface area contributed by atoms with E-state index in [9.17, 15) is 14.7 Å². The van der Waals surface area contributed by atoms with Crippen LogP contribution in [0.4, 0.5) is 5.82 Å². The van der Waals surface area contributed by atoms with Gasteiger partial charge in [0.05, 0.1) is 23.8 Å². The summed E-state index contributed by atoms with van der Waals surface area (Å²) in [5.41, 5.74) is 0.899. The number of carbonyl (C=O) groups excluding carboxylic acids is 2. The molecular formula is C23H26Cl2N4O4. The summed E-state index contributed by atoms with van der Waals surface area (Å²) in [6.07, 6.45) is 0.893. The van der Waals surface area contributed by atoms with Crippen LogP contribution in [-0.2, 0) is 4.74 Å². The van der Waals surface area contributed by atoms with Crippen molar-refractivity contribution in [1.82, 2.24) is 14.8 Å². The van der Waals surface area contributed by atoms with E-state index in [-0.39, 0.29) is 25.1 Å². The predicted octanol–water partition coefficient (Wildman–Crippen LogP) is 2.57. The molecule has 0 bridgehead atoms. The molecule has 33 heavy (non-hydrogen) atoms. The first kappa shape index (κ1) is 23.8. The molecule has 2 saturated heterocycles. The number of aliphatic hydroxyl groups is 1. The van der Waals surface area contributed by atoms with Crippen LogP contribution < -0.4 is 4.90 Å². The van der Waals surface area contributed by atoms with Gasteiger partial charge in [-0.15, -0.1) is 0 Å². The Morgan fingerprint density at radius 2 is 1.79 bits per heavy atom. The molecule has 176 valence electrons. The van der Waals surface area contributed by atoms with Crippen molar-refractivity contribution < 1.29 is 19.4 Å². The fourth-order valence-corrected chi connectivity index (χ4v) is 4.66. The van der Waals surface area contributed by atoms with E-state index in [1.165, 1.54) is 6.20 Å². The zero-order valence-corrected chi connectivity index (χ0v) is 19.8. The van der Waals surface area contributed by atoms with Crippen LogP contribution in [0.2, 0.25) is 10.0 Å². The number of anilines is 1. The Kier molecular flexibility index (Phi) is 7.38. The number of amides is 1. The van der Waals surface area contributed by atoms with E-state index in [0.29, 0.717) is 59.7 Å². The number of halogens is 2. The molecule has 0 spiro atoms. The number of benzene rings is 1. The molecule has 8 nitrogen and oxygen atoms in total. The monoisotopic (exact) mass is 492 g/mol. The van der Waals surface area contributed by atoms with Crippen molar-refractivity contribution in [3.63, 3.8) is 0 Å². The number of esters is 1. The molecule has 3 heterocycles. The van der Waals surface area contributed by atoms with Gasteiger partial charge in [0.2, 0.25) is 0 Å². The van der Waals surface area contributed by atoms with E-state index < -0.39 is 12.1 Å². The Labute approximate surface area is 202 Å². The van der Waals surface area contributed by atoms with Crippen LogP contribution in [0.15, 0.2) is 36.5 Å². The zero-order chi connectivity index (χ0) is 23.5. The molecule has 0 aliphatic carbocycles. The maximum Gasteiger partial charge on any atom is 0.341 e. The molecule has 1 aromatic heterocycles. The van der Waals surface area contributed by atoms with Crippen LogP contribution in [-0.4, -0.2) is 89.8 Å². The maximum atomic E-state index is 12.8. The van der Waals surface area contributed by atoms with Crippen LogP contribution >= 0.6 is 23.2 Å². The Balaban J connectivity index is 1.40. The van der Waals surface area contributed by atoms with Crippen molar-refractivity contribution in [2.24, 2.45) is 0 Å². The smallest absolute Gasteiger partial charge is 0.341 e. The van der Waals surface area contributed by atoms with E-state index in [1.54, 1.807) is 42.2 Å². The fraction of sp³-hybridized carbons (Fsp3) is 0.435. The van der Waals surface area contributed by atoms with Gasteiger partial charge >= 0.3 is 5.97 Å². The highest BCUT2D eigenvalue weighted by atomic mass is 35.5. The van der Waals surface area contributed by atoms with Gasteiger partial charge in [0, 0.05) is 56.1 Å². The highest BCUT2D eigenvalue weighted by molar-refractivity contribution is 6.31. The number of carbonyl (C=O) groups is 2. The number of aliphatic hydroxyl groups excluding tert-OH is 1. The number of nitrogens with zero attached hydrogens (tertiary/aromatic N) is 4. The molecule has 4 rings (SSSR count). The lowest BCUT2D eigenvalue weighted by Gasteiger charge is -2.39. The summed E-state index contributed by atoms with van der Waals surface area (Å²) >= 11 is 12.0.